The topological polar surface area (TPSA) is 69.4 Å². The Morgan fingerprint density at radius 1 is 1.45 bits per heavy atom. The van der Waals surface area contributed by atoms with Crippen molar-refractivity contribution in [2.45, 2.75) is 12.6 Å². The van der Waals surface area contributed by atoms with Crippen LogP contribution in [0, 0.1) is 0 Å². The molecule has 108 valence electrons. The molecule has 20 heavy (non-hydrogen) atoms. The van der Waals surface area contributed by atoms with Crippen LogP contribution in [0.3, 0.4) is 0 Å². The largest absolute Gasteiger partial charge is 0.481 e. The lowest BCUT2D eigenvalue weighted by atomic mass is 10.1. The van der Waals surface area contributed by atoms with Crippen LogP contribution in [-0.2, 0) is 11.3 Å². The van der Waals surface area contributed by atoms with Gasteiger partial charge in [-0.2, -0.15) is 5.10 Å². The van der Waals surface area contributed by atoms with E-state index in [4.69, 9.17) is 21.1 Å². The average Bonchev–Trinajstić information content (AvgIpc) is 2.85. The number of halogens is 1. The van der Waals surface area contributed by atoms with E-state index in [1.165, 1.54) is 13.3 Å². The summed E-state index contributed by atoms with van der Waals surface area (Å²) in [5.74, 6) is 0.357. The third-order valence-corrected chi connectivity index (χ3v) is 3.18. The molecule has 0 aliphatic heterocycles. The number of ether oxygens (including phenoxy) is 2. The third kappa shape index (κ3) is 2.92. The molecule has 0 saturated carbocycles. The number of hydrogen-bond donors (Lipinski definition) is 1. The molecule has 0 saturated heterocycles. The summed E-state index contributed by atoms with van der Waals surface area (Å²) in [6.45, 7) is 0.972. The lowest BCUT2D eigenvalue weighted by molar-refractivity contribution is 0.170. The van der Waals surface area contributed by atoms with Gasteiger partial charge in [-0.1, -0.05) is 11.6 Å². The fourth-order valence-electron chi connectivity index (χ4n) is 1.93. The fourth-order valence-corrected chi connectivity index (χ4v) is 2.17. The van der Waals surface area contributed by atoms with Gasteiger partial charge in [-0.25, -0.2) is 4.98 Å². The first-order valence-corrected chi connectivity index (χ1v) is 6.44. The molecular weight excluding hydrogens is 282 g/mol. The van der Waals surface area contributed by atoms with Gasteiger partial charge in [-0.05, 0) is 12.1 Å². The normalized spacial score (nSPS) is 12.4. The number of nitrogens with zero attached hydrogens (tertiary/aromatic N) is 3. The molecule has 0 bridgehead atoms. The lowest BCUT2D eigenvalue weighted by Gasteiger charge is -2.16. The number of aromatic nitrogens is 3. The summed E-state index contributed by atoms with van der Waals surface area (Å²) in [4.78, 5) is 4.07. The summed E-state index contributed by atoms with van der Waals surface area (Å²) in [5, 5.41) is 15.1. The second-order valence-corrected chi connectivity index (χ2v) is 4.51. The fraction of sp³-hybridized carbons (Fsp3) is 0.385. The van der Waals surface area contributed by atoms with Crippen LogP contribution in [0.1, 0.15) is 17.4 Å². The maximum Gasteiger partial charge on any atom is 0.219 e. The Bertz CT molecular complexity index is 574. The summed E-state index contributed by atoms with van der Waals surface area (Å²) in [6.07, 6.45) is 2.13. The van der Waals surface area contributed by atoms with Crippen molar-refractivity contribution in [3.63, 3.8) is 0 Å². The van der Waals surface area contributed by atoms with Gasteiger partial charge in [-0.15, -0.1) is 0 Å². The minimum Gasteiger partial charge on any atom is -0.481 e. The highest BCUT2D eigenvalue weighted by atomic mass is 35.5. The molecule has 0 spiro atoms. The van der Waals surface area contributed by atoms with Crippen molar-refractivity contribution in [2.75, 3.05) is 20.8 Å². The molecule has 0 aliphatic rings. The van der Waals surface area contributed by atoms with Crippen molar-refractivity contribution in [1.82, 2.24) is 14.8 Å². The van der Waals surface area contributed by atoms with Gasteiger partial charge >= 0.3 is 0 Å². The third-order valence-electron chi connectivity index (χ3n) is 2.89. The minimum atomic E-state index is -0.967. The Hall–Kier alpha value is -1.63. The van der Waals surface area contributed by atoms with Crippen LogP contribution in [0.4, 0.5) is 0 Å². The molecule has 0 radical (unpaired) electrons. The summed E-state index contributed by atoms with van der Waals surface area (Å²) < 4.78 is 11.8. The molecule has 2 heterocycles. The van der Waals surface area contributed by atoms with E-state index in [2.05, 4.69) is 10.1 Å². The van der Waals surface area contributed by atoms with Crippen LogP contribution in [-0.4, -0.2) is 40.7 Å². The van der Waals surface area contributed by atoms with Crippen LogP contribution in [0.5, 0.6) is 5.88 Å². The maximum atomic E-state index is 10.5. The first-order valence-electron chi connectivity index (χ1n) is 6.06. The molecule has 2 rings (SSSR count). The van der Waals surface area contributed by atoms with Gasteiger partial charge < -0.3 is 14.6 Å². The Balaban J connectivity index is 2.37. The zero-order valence-corrected chi connectivity index (χ0v) is 12.0. The van der Waals surface area contributed by atoms with E-state index in [0.717, 1.165) is 0 Å². The average molecular weight is 298 g/mol. The highest BCUT2D eigenvalue weighted by molar-refractivity contribution is 6.31. The van der Waals surface area contributed by atoms with Crippen LogP contribution >= 0.6 is 11.6 Å². The van der Waals surface area contributed by atoms with E-state index in [1.54, 1.807) is 30.1 Å². The Morgan fingerprint density at radius 2 is 2.25 bits per heavy atom. The number of rotatable bonds is 6. The molecule has 6 nitrogen and oxygen atoms in total. The van der Waals surface area contributed by atoms with Crippen LogP contribution in [0.25, 0.3) is 0 Å². The smallest absolute Gasteiger partial charge is 0.219 e. The number of methoxy groups -OCH3 is 2. The van der Waals surface area contributed by atoms with Gasteiger partial charge in [0.05, 0.1) is 37.2 Å². The van der Waals surface area contributed by atoms with Gasteiger partial charge in [0, 0.05) is 18.9 Å². The Kier molecular flexibility index (Phi) is 4.94. The van der Waals surface area contributed by atoms with Gasteiger partial charge in [0.25, 0.3) is 0 Å². The van der Waals surface area contributed by atoms with Crippen molar-refractivity contribution < 1.29 is 14.6 Å². The van der Waals surface area contributed by atoms with Gasteiger partial charge in [0.15, 0.2) is 0 Å². The second-order valence-electron chi connectivity index (χ2n) is 4.10. The zero-order chi connectivity index (χ0) is 14.5. The van der Waals surface area contributed by atoms with Crippen molar-refractivity contribution in [1.29, 1.82) is 0 Å². The van der Waals surface area contributed by atoms with E-state index in [-0.39, 0.29) is 0 Å². The predicted molar refractivity (Wildman–Crippen MR) is 74.0 cm³/mol. The molecule has 0 aromatic carbocycles. The SMILES string of the molecule is COCCn1ncc(Cl)c1C(O)c1cccnc1OC. The van der Waals surface area contributed by atoms with Gasteiger partial charge in [0.1, 0.15) is 6.10 Å². The maximum absolute atomic E-state index is 10.5. The molecule has 7 heteroatoms. The van der Waals surface area contributed by atoms with Crippen molar-refractivity contribution >= 4 is 11.6 Å². The minimum absolute atomic E-state index is 0.357. The highest BCUT2D eigenvalue weighted by Crippen LogP contribution is 2.32. The van der Waals surface area contributed by atoms with Gasteiger partial charge in [-0.3, -0.25) is 4.68 Å². The van der Waals surface area contributed by atoms with Crippen LogP contribution < -0.4 is 4.74 Å². The molecule has 1 unspecified atom stereocenters. The summed E-state index contributed by atoms with van der Waals surface area (Å²) in [5.41, 5.74) is 1.03. The first kappa shape index (κ1) is 14.8. The van der Waals surface area contributed by atoms with Crippen LogP contribution in [0.15, 0.2) is 24.5 Å². The molecule has 2 aromatic rings. The van der Waals surface area contributed by atoms with Crippen molar-refractivity contribution in [3.8, 4) is 5.88 Å². The lowest BCUT2D eigenvalue weighted by Crippen LogP contribution is -2.14. The number of aliphatic hydroxyl groups excluding tert-OH is 1. The molecule has 0 amide bonds. The summed E-state index contributed by atoms with van der Waals surface area (Å²) in [6, 6.07) is 3.46. The van der Waals surface area contributed by atoms with Crippen molar-refractivity contribution in [2.24, 2.45) is 0 Å². The van der Waals surface area contributed by atoms with Crippen LogP contribution in [0.2, 0.25) is 5.02 Å². The molecule has 0 fully saturated rings. The summed E-state index contributed by atoms with van der Waals surface area (Å²) >= 11 is 6.12. The quantitative estimate of drug-likeness (QED) is 0.878. The van der Waals surface area contributed by atoms with E-state index in [1.807, 2.05) is 0 Å². The standard InChI is InChI=1S/C13H16ClN3O3/c1-19-7-6-17-11(10(14)8-16-17)12(18)9-4-3-5-15-13(9)20-2/h3-5,8,12,18H,6-7H2,1-2H3. The zero-order valence-electron chi connectivity index (χ0n) is 11.3. The van der Waals surface area contributed by atoms with Gasteiger partial charge in [0.2, 0.25) is 5.88 Å². The van der Waals surface area contributed by atoms with E-state index < -0.39 is 6.10 Å². The predicted octanol–water partition coefficient (Wildman–Crippen LogP) is 1.67. The number of hydrogen-bond acceptors (Lipinski definition) is 5. The van der Waals surface area contributed by atoms with E-state index in [9.17, 15) is 5.11 Å². The number of pyridine rings is 1. The van der Waals surface area contributed by atoms with E-state index >= 15 is 0 Å². The van der Waals surface area contributed by atoms with E-state index in [0.29, 0.717) is 35.3 Å². The molecular formula is C13H16ClN3O3. The Labute approximate surface area is 121 Å². The monoisotopic (exact) mass is 297 g/mol. The Morgan fingerprint density at radius 3 is 2.95 bits per heavy atom. The molecule has 0 aliphatic carbocycles. The number of aliphatic hydroxyl groups is 1. The first-order chi connectivity index (χ1) is 9.69. The molecule has 2 aromatic heterocycles. The second kappa shape index (κ2) is 6.69. The van der Waals surface area contributed by atoms with Crippen molar-refractivity contribution in [3.05, 3.63) is 40.8 Å². The molecule has 1 atom stereocenters. The molecule has 1 N–H and O–H groups in total. The summed E-state index contributed by atoms with van der Waals surface area (Å²) in [7, 11) is 3.10. The highest BCUT2D eigenvalue weighted by Gasteiger charge is 2.23.